The highest BCUT2D eigenvalue weighted by molar-refractivity contribution is 7.91. The van der Waals surface area contributed by atoms with Crippen molar-refractivity contribution < 1.29 is 118 Å². The highest BCUT2D eigenvalue weighted by Crippen LogP contribution is 2.47. The summed E-state index contributed by atoms with van der Waals surface area (Å²) in [6, 6.07) is 62.5. The number of fused-ring (bicyclic) bond motifs is 3. The number of sulfone groups is 1. The zero-order valence-corrected chi connectivity index (χ0v) is 61.4. The maximum atomic E-state index is 13.2. The van der Waals surface area contributed by atoms with Gasteiger partial charge < -0.3 is 66.3 Å². The molecule has 1 aliphatic rings. The van der Waals surface area contributed by atoms with E-state index in [4.69, 9.17) is 71.6 Å². The molecule has 0 radical (unpaired) electrons. The van der Waals surface area contributed by atoms with Crippen molar-refractivity contribution in [1.29, 1.82) is 5.26 Å². The van der Waals surface area contributed by atoms with Gasteiger partial charge in [-0.1, -0.05) is 150 Å². The Morgan fingerprint density at radius 3 is 0.750 bits per heavy atom. The molecule has 0 bridgehead atoms. The zero-order chi connectivity index (χ0) is 81.5. The molecule has 10 aromatic rings. The summed E-state index contributed by atoms with van der Waals surface area (Å²) in [7, 11) is -3.96. The van der Waals surface area contributed by atoms with Crippen LogP contribution in [0.3, 0.4) is 0 Å². The van der Waals surface area contributed by atoms with Crippen molar-refractivity contribution in [3.63, 3.8) is 0 Å². The number of carbonyl (C=O) groups excluding carboxylic acids is 9. The third-order valence-corrected chi connectivity index (χ3v) is 17.7. The minimum Gasteiger partial charge on any atom is -0.457 e. The van der Waals surface area contributed by atoms with Crippen LogP contribution in [0.4, 0.5) is 0 Å². The first-order valence-corrected chi connectivity index (χ1v) is 35.3. The molecule has 26 nitrogen and oxygen atoms in total. The lowest BCUT2D eigenvalue weighted by Crippen LogP contribution is -2.10. The van der Waals surface area contributed by atoms with E-state index in [1.807, 2.05) is 55.5 Å². The molecule has 0 heterocycles. The van der Waals surface area contributed by atoms with Crippen LogP contribution >= 0.6 is 0 Å². The number of rotatable bonds is 31. The van der Waals surface area contributed by atoms with Crippen LogP contribution in [0, 0.1) is 11.3 Å². The van der Waals surface area contributed by atoms with Crippen molar-refractivity contribution in [2.75, 3.05) is 34.0 Å². The maximum absolute atomic E-state index is 13.2. The lowest BCUT2D eigenvalue weighted by atomic mass is 9.99. The van der Waals surface area contributed by atoms with E-state index in [1.54, 1.807) is 84.9 Å². The topological polar surface area (TPSA) is 341 Å². The number of nitriles is 1. The zero-order valence-electron chi connectivity index (χ0n) is 60.5. The predicted molar refractivity (Wildman–Crippen MR) is 476 cm³/mol. The minimum atomic E-state index is -3.96. The summed E-state index contributed by atoms with van der Waals surface area (Å²) < 4.78 is 98.4. The first-order chi connectivity index (χ1) is 55.1. The van der Waals surface area contributed by atoms with Gasteiger partial charge in [0.2, 0.25) is 43.8 Å². The lowest BCUT2D eigenvalue weighted by Gasteiger charge is -2.11. The van der Waals surface area contributed by atoms with Crippen LogP contribution in [0.15, 0.2) is 304 Å². The van der Waals surface area contributed by atoms with Crippen molar-refractivity contribution in [2.24, 2.45) is 0 Å². The van der Waals surface area contributed by atoms with Gasteiger partial charge in [-0.3, -0.25) is 0 Å². The summed E-state index contributed by atoms with van der Waals surface area (Å²) in [6.45, 7) is 17.1. The molecule has 0 saturated carbocycles. The summed E-state index contributed by atoms with van der Waals surface area (Å²) in [4.78, 5) is 106. The summed E-state index contributed by atoms with van der Waals surface area (Å²) in [5, 5.41) is 8.77. The quantitative estimate of drug-likeness (QED) is 0.0128. The Labute approximate surface area is 726 Å². The molecule has 1 aliphatic carbocycles. The van der Waals surface area contributed by atoms with Crippen molar-refractivity contribution in [3.8, 4) is 80.1 Å². The van der Waals surface area contributed by atoms with Gasteiger partial charge in [-0.2, -0.15) is 5.26 Å². The van der Waals surface area contributed by atoms with E-state index in [1.165, 1.54) is 97.1 Å². The molecule has 0 saturated heterocycles. The lowest BCUT2D eigenvalue weighted by molar-refractivity contribution is -0.145. The first kappa shape index (κ1) is 111. The molecule has 656 valence electrons. The van der Waals surface area contributed by atoms with Gasteiger partial charge in [0.05, 0.1) is 43.7 Å². The van der Waals surface area contributed by atoms with Crippen molar-refractivity contribution >= 4 is 63.6 Å². The summed E-state index contributed by atoms with van der Waals surface area (Å²) in [5.74, 6) is -2.40. The predicted octanol–water partition coefficient (Wildman–Crippen LogP) is 21.1. The molecule has 0 spiro atoms. The molecule has 0 N–H and O–H groups in total. The number of nitrogens with zero attached hydrogens (tertiary/aromatic N) is 1. The molecule has 0 aromatic heterocycles. The van der Waals surface area contributed by atoms with Crippen LogP contribution in [-0.2, 0) is 57.5 Å². The Kier molecular flexibility index (Phi) is 48.7. The number of carbonyl (C=O) groups is 9. The number of ether oxygens (including phenoxy) is 14. The normalized spacial score (nSPS) is 9.81. The van der Waals surface area contributed by atoms with Gasteiger partial charge in [0.1, 0.15) is 51.7 Å². The summed E-state index contributed by atoms with van der Waals surface area (Å²) in [5.41, 5.74) is 7.61. The van der Waals surface area contributed by atoms with E-state index in [-0.39, 0.29) is 147 Å². The van der Waals surface area contributed by atoms with Gasteiger partial charge in [-0.05, 0) is 228 Å². The average molecular weight is 1720 g/mol. The van der Waals surface area contributed by atoms with Crippen LogP contribution in [-0.4, -0.2) is 96.1 Å². The molecular weight excluding hydrogens is 1610 g/mol. The molecule has 10 aromatic carbocycles. The van der Waals surface area contributed by atoms with Crippen LogP contribution in [0.1, 0.15) is 145 Å². The Morgan fingerprint density at radius 2 is 0.516 bits per heavy atom. The number of benzene rings is 10. The standard InChI is InChI=1S/C36H28O10.C34H26O12S.C17H13NO3.10CH4/c1-4-33(37)43-20-41-25-10-6-23(7-11-25)35(39)45-27-14-16-29-30-17-15-28(19-32(30)22(3)31(29)18-27)46-36(40)24-8-12-26(13-9-24)42-21-44-34(38)5-2;1-3-31(35)43-21-41-25-9-5-23(6-10-25)33(37)45-27-13-17-29(18-14-27)47(39,40)30-19-15-28(16-20-30)46-34(38)24-7-11-26(12-8-24)42-22-44-32(36)4-2;1-2-17(19)21-12-20-16-9-7-15(8-10-16)14-5-3-13(11-18)4-6-14;;;;;;;;;;/h4-19,22H,1-2,20-21H2,3H3;3-20H,1-2,21-22H2;2-10H,1,12H2;10*1H4. The fourth-order valence-electron chi connectivity index (χ4n) is 10.1. The first-order valence-electron chi connectivity index (χ1n) is 33.8. The Morgan fingerprint density at radius 1 is 0.306 bits per heavy atom. The second-order valence-electron chi connectivity index (χ2n) is 23.2. The smallest absolute Gasteiger partial charge is 0.343 e. The Bertz CT molecular complexity index is 5090. The van der Waals surface area contributed by atoms with Crippen LogP contribution in [0.5, 0.6) is 51.7 Å². The van der Waals surface area contributed by atoms with E-state index in [9.17, 15) is 51.6 Å². The second-order valence-corrected chi connectivity index (χ2v) is 25.1. The average Bonchev–Trinajstić information content (AvgIpc) is 1.60. The monoisotopic (exact) mass is 1720 g/mol. The van der Waals surface area contributed by atoms with E-state index in [0.29, 0.717) is 56.9 Å². The molecular formula is C97H107NO25S. The van der Waals surface area contributed by atoms with Crippen molar-refractivity contribution in [2.45, 2.75) is 96.9 Å². The molecule has 0 aliphatic heterocycles. The maximum Gasteiger partial charge on any atom is 0.343 e. The van der Waals surface area contributed by atoms with E-state index >= 15 is 0 Å². The number of hydrogen-bond donors (Lipinski definition) is 0. The van der Waals surface area contributed by atoms with Gasteiger partial charge in [-0.15, -0.1) is 0 Å². The molecule has 0 atom stereocenters. The second kappa shape index (κ2) is 54.6. The van der Waals surface area contributed by atoms with Crippen LogP contribution < -0.4 is 42.6 Å². The Hall–Kier alpha value is -15.4. The van der Waals surface area contributed by atoms with Crippen LogP contribution in [0.25, 0.3) is 22.3 Å². The number of hydrogen-bond acceptors (Lipinski definition) is 26. The summed E-state index contributed by atoms with van der Waals surface area (Å²) in [6.07, 6.45) is 5.15. The third-order valence-electron chi connectivity index (χ3n) is 15.9. The van der Waals surface area contributed by atoms with Gasteiger partial charge in [0.25, 0.3) is 0 Å². The highest BCUT2D eigenvalue weighted by atomic mass is 32.2. The van der Waals surface area contributed by atoms with Gasteiger partial charge in [-0.25, -0.2) is 51.6 Å². The molecule has 0 fully saturated rings. The van der Waals surface area contributed by atoms with E-state index in [2.05, 4.69) is 39.0 Å². The van der Waals surface area contributed by atoms with Crippen molar-refractivity contribution in [3.05, 3.63) is 333 Å². The highest BCUT2D eigenvalue weighted by Gasteiger charge is 2.28. The fraction of sp³-hybridized carbons (Fsp3) is 0.175. The largest absolute Gasteiger partial charge is 0.457 e. The van der Waals surface area contributed by atoms with E-state index < -0.39 is 63.6 Å². The molecule has 11 rings (SSSR count). The fourth-order valence-corrected chi connectivity index (χ4v) is 11.3. The third kappa shape index (κ3) is 32.0. The number of esters is 9. The van der Waals surface area contributed by atoms with Gasteiger partial charge in [0.15, 0.2) is 0 Å². The van der Waals surface area contributed by atoms with Crippen molar-refractivity contribution in [1.82, 2.24) is 0 Å². The Balaban J connectivity index is 0. The van der Waals surface area contributed by atoms with Gasteiger partial charge >= 0.3 is 53.7 Å². The molecule has 124 heavy (non-hydrogen) atoms. The molecule has 0 amide bonds. The van der Waals surface area contributed by atoms with Crippen LogP contribution in [0.2, 0.25) is 0 Å². The molecule has 27 heteroatoms. The van der Waals surface area contributed by atoms with E-state index in [0.717, 1.165) is 63.8 Å². The van der Waals surface area contributed by atoms with Gasteiger partial charge in [0, 0.05) is 36.3 Å². The minimum absolute atomic E-state index is 0. The SMILES string of the molecule is C.C.C.C.C.C.C.C.C.C.C=CC(=O)OCOc1ccc(-c2ccc(C#N)cc2)cc1.C=CC(=O)OCOc1ccc(C(=O)Oc2ccc(S(=O)(=O)c3ccc(OC(=O)c4ccc(OCOC(=O)C=C)cc4)cc3)cc2)cc1.C=CC(=O)OCOc1ccc(C(=O)Oc2ccc3c(c2)C(C)c2cc(OC(=O)c4ccc(OCOC(=O)C=C)cc4)ccc2-3)cc1. The summed E-state index contributed by atoms with van der Waals surface area (Å²) >= 11 is 0. The molecule has 0 unspecified atom stereocenters.